The van der Waals surface area contributed by atoms with E-state index < -0.39 is 0 Å². The number of benzene rings is 1. The molecule has 2 aliphatic carbocycles. The summed E-state index contributed by atoms with van der Waals surface area (Å²) in [5, 5.41) is 8.35. The number of aliphatic imine (C=N–C) groups is 1. The van der Waals surface area contributed by atoms with Crippen LogP contribution in [0.5, 0.6) is 0 Å². The second-order valence-corrected chi connectivity index (χ2v) is 7.90. The van der Waals surface area contributed by atoms with Gasteiger partial charge in [-0.1, -0.05) is 61.7 Å². The lowest BCUT2D eigenvalue weighted by Crippen LogP contribution is -2.41. The summed E-state index contributed by atoms with van der Waals surface area (Å²) in [6, 6.07) is 6.48. The molecule has 0 aromatic heterocycles. The molecule has 3 rings (SSSR count). The number of nitrogens with one attached hydrogen (secondary N) is 2. The first-order valence-electron chi connectivity index (χ1n) is 9.26. The van der Waals surface area contributed by atoms with Gasteiger partial charge in [-0.05, 0) is 43.9 Å². The molecule has 2 saturated carbocycles. The molecule has 24 heavy (non-hydrogen) atoms. The first-order chi connectivity index (χ1) is 11.7. The van der Waals surface area contributed by atoms with Gasteiger partial charge in [0, 0.05) is 21.8 Å². The van der Waals surface area contributed by atoms with E-state index in [1.807, 2.05) is 12.1 Å². The summed E-state index contributed by atoms with van der Waals surface area (Å²) < 4.78 is 0. The highest BCUT2D eigenvalue weighted by atomic mass is 35.5. The van der Waals surface area contributed by atoms with Crippen LogP contribution in [0.25, 0.3) is 0 Å². The largest absolute Gasteiger partial charge is 0.353 e. The fourth-order valence-electron chi connectivity index (χ4n) is 3.70. The summed E-state index contributed by atoms with van der Waals surface area (Å²) in [7, 11) is 0. The smallest absolute Gasteiger partial charge is 0.196 e. The highest BCUT2D eigenvalue weighted by Gasteiger charge is 2.18. The van der Waals surface area contributed by atoms with Crippen molar-refractivity contribution in [2.24, 2.45) is 4.99 Å². The molecule has 132 valence electrons. The average molecular weight is 368 g/mol. The van der Waals surface area contributed by atoms with Crippen molar-refractivity contribution in [1.29, 1.82) is 0 Å². The summed E-state index contributed by atoms with van der Waals surface area (Å²) >= 11 is 12.3. The van der Waals surface area contributed by atoms with Gasteiger partial charge >= 0.3 is 0 Å². The van der Waals surface area contributed by atoms with Gasteiger partial charge in [0.05, 0.1) is 6.04 Å². The maximum absolute atomic E-state index is 6.13. The topological polar surface area (TPSA) is 36.4 Å². The molecule has 2 fully saturated rings. The predicted octanol–water partition coefficient (Wildman–Crippen LogP) is 6.02. The van der Waals surface area contributed by atoms with E-state index in [2.05, 4.69) is 10.6 Å². The van der Waals surface area contributed by atoms with Crippen molar-refractivity contribution in [2.45, 2.75) is 76.3 Å². The predicted molar refractivity (Wildman–Crippen MR) is 104 cm³/mol. The standard InChI is InChI=1S/C19H27Cl2N3/c20-14-11-15(21)13-18(12-14)24-19(22-16-7-3-1-4-8-16)23-17-9-5-2-6-10-17/h11-13,16-17H,1-10H2,(H2,22,23,24). The highest BCUT2D eigenvalue weighted by molar-refractivity contribution is 6.35. The Balaban J connectivity index is 1.73. The maximum atomic E-state index is 6.13. The van der Waals surface area contributed by atoms with Gasteiger partial charge in [-0.3, -0.25) is 0 Å². The second kappa shape index (κ2) is 8.96. The SMILES string of the molecule is Clc1cc(Cl)cc(NC(=NC2CCCCC2)NC2CCCCC2)c1. The number of halogens is 2. The molecule has 2 aliphatic rings. The summed E-state index contributed by atoms with van der Waals surface area (Å²) in [5.41, 5.74) is 0.894. The second-order valence-electron chi connectivity index (χ2n) is 7.03. The molecule has 0 unspecified atom stereocenters. The van der Waals surface area contributed by atoms with Gasteiger partial charge in [0.25, 0.3) is 0 Å². The molecule has 3 nitrogen and oxygen atoms in total. The zero-order chi connectivity index (χ0) is 16.8. The lowest BCUT2D eigenvalue weighted by molar-refractivity contribution is 0.408. The fraction of sp³-hybridized carbons (Fsp3) is 0.632. The van der Waals surface area contributed by atoms with Crippen LogP contribution in [0.1, 0.15) is 64.2 Å². The third kappa shape index (κ3) is 5.56. The van der Waals surface area contributed by atoms with Crippen LogP contribution in [0.4, 0.5) is 5.69 Å². The first kappa shape index (κ1) is 17.9. The normalized spacial score (nSPS) is 20.8. The first-order valence-corrected chi connectivity index (χ1v) is 10.0. The number of rotatable bonds is 3. The van der Waals surface area contributed by atoms with E-state index in [4.69, 9.17) is 28.2 Å². The summed E-state index contributed by atoms with van der Waals surface area (Å²) in [5.74, 6) is 0.882. The summed E-state index contributed by atoms with van der Waals surface area (Å²) in [4.78, 5) is 4.99. The number of hydrogen-bond acceptors (Lipinski definition) is 1. The van der Waals surface area contributed by atoms with E-state index in [0.717, 1.165) is 11.6 Å². The molecule has 0 atom stereocenters. The molecule has 1 aromatic carbocycles. The molecule has 5 heteroatoms. The monoisotopic (exact) mass is 367 g/mol. The number of nitrogens with zero attached hydrogens (tertiary/aromatic N) is 1. The van der Waals surface area contributed by atoms with Gasteiger partial charge in [0.2, 0.25) is 0 Å². The third-order valence-electron chi connectivity index (χ3n) is 4.96. The lowest BCUT2D eigenvalue weighted by atomic mass is 9.95. The minimum atomic E-state index is 0.423. The Kier molecular flexibility index (Phi) is 6.67. The molecule has 0 heterocycles. The van der Waals surface area contributed by atoms with Crippen LogP contribution in [0.3, 0.4) is 0 Å². The number of guanidine groups is 1. The molecule has 2 N–H and O–H groups in total. The van der Waals surface area contributed by atoms with E-state index in [0.29, 0.717) is 22.1 Å². The quantitative estimate of drug-likeness (QED) is 0.506. The Morgan fingerprint density at radius 2 is 1.42 bits per heavy atom. The van der Waals surface area contributed by atoms with E-state index in [1.165, 1.54) is 64.2 Å². The molecular formula is C19H27Cl2N3. The van der Waals surface area contributed by atoms with Gasteiger partial charge in [0.1, 0.15) is 0 Å². The van der Waals surface area contributed by atoms with E-state index in [-0.39, 0.29) is 0 Å². The Labute approximate surface area is 155 Å². The minimum absolute atomic E-state index is 0.423. The zero-order valence-electron chi connectivity index (χ0n) is 14.2. The van der Waals surface area contributed by atoms with Crippen molar-refractivity contribution < 1.29 is 0 Å². The van der Waals surface area contributed by atoms with Crippen LogP contribution in [-0.2, 0) is 0 Å². The third-order valence-corrected chi connectivity index (χ3v) is 5.39. The van der Waals surface area contributed by atoms with E-state index in [1.54, 1.807) is 6.07 Å². The van der Waals surface area contributed by atoms with Crippen LogP contribution in [0.2, 0.25) is 10.0 Å². The van der Waals surface area contributed by atoms with Crippen molar-refractivity contribution in [3.63, 3.8) is 0 Å². The van der Waals surface area contributed by atoms with Crippen molar-refractivity contribution >= 4 is 34.8 Å². The maximum Gasteiger partial charge on any atom is 0.196 e. The molecular weight excluding hydrogens is 341 g/mol. The van der Waals surface area contributed by atoms with Gasteiger partial charge in [-0.15, -0.1) is 0 Å². The molecule has 1 aromatic rings. The van der Waals surface area contributed by atoms with Crippen LogP contribution in [0.15, 0.2) is 23.2 Å². The molecule has 0 amide bonds. The van der Waals surface area contributed by atoms with Crippen LogP contribution < -0.4 is 10.6 Å². The molecule has 0 spiro atoms. The van der Waals surface area contributed by atoms with E-state index in [9.17, 15) is 0 Å². The van der Waals surface area contributed by atoms with Crippen LogP contribution in [-0.4, -0.2) is 18.0 Å². The zero-order valence-corrected chi connectivity index (χ0v) is 15.7. The molecule has 0 radical (unpaired) electrons. The van der Waals surface area contributed by atoms with Crippen LogP contribution in [0, 0.1) is 0 Å². The number of hydrogen-bond donors (Lipinski definition) is 2. The molecule has 0 saturated heterocycles. The van der Waals surface area contributed by atoms with Crippen molar-refractivity contribution in [3.8, 4) is 0 Å². The van der Waals surface area contributed by atoms with E-state index >= 15 is 0 Å². The van der Waals surface area contributed by atoms with Gasteiger partial charge < -0.3 is 10.6 Å². The summed E-state index contributed by atoms with van der Waals surface area (Å²) in [6.07, 6.45) is 12.7. The minimum Gasteiger partial charge on any atom is -0.353 e. The molecule has 0 aliphatic heterocycles. The summed E-state index contributed by atoms with van der Waals surface area (Å²) in [6.45, 7) is 0. The Morgan fingerprint density at radius 3 is 2.04 bits per heavy atom. The van der Waals surface area contributed by atoms with Crippen molar-refractivity contribution in [1.82, 2.24) is 5.32 Å². The fourth-order valence-corrected chi connectivity index (χ4v) is 4.23. The molecule has 0 bridgehead atoms. The Morgan fingerprint density at radius 1 is 0.833 bits per heavy atom. The Bertz CT molecular complexity index is 541. The van der Waals surface area contributed by atoms with Gasteiger partial charge in [-0.25, -0.2) is 4.99 Å². The van der Waals surface area contributed by atoms with Crippen molar-refractivity contribution in [3.05, 3.63) is 28.2 Å². The van der Waals surface area contributed by atoms with Crippen molar-refractivity contribution in [2.75, 3.05) is 5.32 Å². The van der Waals surface area contributed by atoms with Gasteiger partial charge in [0.15, 0.2) is 5.96 Å². The highest BCUT2D eigenvalue weighted by Crippen LogP contribution is 2.24. The number of anilines is 1. The Hall–Kier alpha value is -0.930. The van der Waals surface area contributed by atoms with Gasteiger partial charge in [-0.2, -0.15) is 0 Å². The average Bonchev–Trinajstić information content (AvgIpc) is 2.55. The lowest BCUT2D eigenvalue weighted by Gasteiger charge is -2.27. The van der Waals surface area contributed by atoms with Crippen LogP contribution >= 0.6 is 23.2 Å².